The van der Waals surface area contributed by atoms with Crippen LogP contribution in [0.2, 0.25) is 0 Å². The summed E-state index contributed by atoms with van der Waals surface area (Å²) in [5.41, 5.74) is 11.3. The number of nitrogens with two attached hydrogens (primary N) is 2. The van der Waals surface area contributed by atoms with E-state index in [1.54, 1.807) is 12.1 Å². The number of nitrogens with zero attached hydrogens (tertiary/aromatic N) is 1. The lowest BCUT2D eigenvalue weighted by Crippen LogP contribution is -2.30. The summed E-state index contributed by atoms with van der Waals surface area (Å²) in [7, 11) is 0. The fourth-order valence-corrected chi connectivity index (χ4v) is 2.62. The van der Waals surface area contributed by atoms with E-state index >= 15 is 0 Å². The van der Waals surface area contributed by atoms with Crippen LogP contribution in [-0.2, 0) is 0 Å². The standard InChI is InChI=1S/C14H21N3O2/c15-7-10-3-1-2-4-12(10)9-19-13-6-5-11(8-17-13)14(16)18/h5-6,8,10,12H,1-4,7,9,15H2,(H2,16,18). The summed E-state index contributed by atoms with van der Waals surface area (Å²) in [4.78, 5) is 15.0. The second kappa shape index (κ2) is 6.52. The van der Waals surface area contributed by atoms with Gasteiger partial charge in [0.2, 0.25) is 11.8 Å². The van der Waals surface area contributed by atoms with Crippen LogP contribution in [0.15, 0.2) is 18.3 Å². The molecule has 1 aromatic rings. The molecule has 2 unspecified atom stereocenters. The van der Waals surface area contributed by atoms with E-state index in [0.29, 0.717) is 29.9 Å². The largest absolute Gasteiger partial charge is 0.477 e. The molecular weight excluding hydrogens is 242 g/mol. The van der Waals surface area contributed by atoms with Crippen LogP contribution in [-0.4, -0.2) is 24.0 Å². The van der Waals surface area contributed by atoms with Crippen LogP contribution in [0.5, 0.6) is 5.88 Å². The molecule has 1 fully saturated rings. The van der Waals surface area contributed by atoms with Gasteiger partial charge in [-0.05, 0) is 37.3 Å². The minimum atomic E-state index is -0.477. The molecule has 4 N–H and O–H groups in total. The first-order valence-electron chi connectivity index (χ1n) is 6.79. The van der Waals surface area contributed by atoms with Gasteiger partial charge in [0.1, 0.15) is 0 Å². The molecule has 1 aromatic heterocycles. The maximum Gasteiger partial charge on any atom is 0.250 e. The Morgan fingerprint density at radius 1 is 1.32 bits per heavy atom. The van der Waals surface area contributed by atoms with Gasteiger partial charge >= 0.3 is 0 Å². The molecule has 0 spiro atoms. The minimum Gasteiger partial charge on any atom is -0.477 e. The smallest absolute Gasteiger partial charge is 0.250 e. The Morgan fingerprint density at radius 2 is 2.05 bits per heavy atom. The zero-order chi connectivity index (χ0) is 13.7. The van der Waals surface area contributed by atoms with Crippen LogP contribution in [0.25, 0.3) is 0 Å². The topological polar surface area (TPSA) is 91.2 Å². The second-order valence-corrected chi connectivity index (χ2v) is 5.10. The lowest BCUT2D eigenvalue weighted by Gasteiger charge is -2.30. The predicted molar refractivity (Wildman–Crippen MR) is 72.8 cm³/mol. The van der Waals surface area contributed by atoms with Crippen LogP contribution in [0, 0.1) is 11.8 Å². The van der Waals surface area contributed by atoms with Gasteiger partial charge in [0.05, 0.1) is 12.2 Å². The summed E-state index contributed by atoms with van der Waals surface area (Å²) >= 11 is 0. The van der Waals surface area contributed by atoms with Crippen molar-refractivity contribution in [2.45, 2.75) is 25.7 Å². The lowest BCUT2D eigenvalue weighted by atomic mass is 9.80. The van der Waals surface area contributed by atoms with Gasteiger partial charge < -0.3 is 16.2 Å². The maximum absolute atomic E-state index is 10.9. The number of carbonyl (C=O) groups excluding carboxylic acids is 1. The third-order valence-electron chi connectivity index (χ3n) is 3.84. The molecule has 0 radical (unpaired) electrons. The van der Waals surface area contributed by atoms with Gasteiger partial charge in [-0.3, -0.25) is 4.79 Å². The van der Waals surface area contributed by atoms with E-state index in [2.05, 4.69) is 4.98 Å². The molecule has 2 rings (SSSR count). The highest BCUT2D eigenvalue weighted by molar-refractivity contribution is 5.92. The number of aromatic nitrogens is 1. The van der Waals surface area contributed by atoms with Crippen molar-refractivity contribution in [3.05, 3.63) is 23.9 Å². The third-order valence-corrected chi connectivity index (χ3v) is 3.84. The van der Waals surface area contributed by atoms with E-state index in [1.807, 2.05) is 0 Å². The number of hydrogen-bond donors (Lipinski definition) is 2. The molecule has 0 aliphatic heterocycles. The molecule has 1 saturated carbocycles. The van der Waals surface area contributed by atoms with E-state index in [9.17, 15) is 4.79 Å². The maximum atomic E-state index is 10.9. The fourth-order valence-electron chi connectivity index (χ4n) is 2.62. The van der Waals surface area contributed by atoms with Crippen LogP contribution < -0.4 is 16.2 Å². The van der Waals surface area contributed by atoms with Gasteiger partial charge in [0.15, 0.2) is 0 Å². The first-order valence-corrected chi connectivity index (χ1v) is 6.79. The molecule has 0 aromatic carbocycles. The summed E-state index contributed by atoms with van der Waals surface area (Å²) < 4.78 is 5.69. The number of primary amides is 1. The average molecular weight is 263 g/mol. The number of amides is 1. The summed E-state index contributed by atoms with van der Waals surface area (Å²) in [6.45, 7) is 1.37. The summed E-state index contributed by atoms with van der Waals surface area (Å²) in [5, 5.41) is 0. The van der Waals surface area contributed by atoms with Crippen molar-refractivity contribution >= 4 is 5.91 Å². The van der Waals surface area contributed by atoms with E-state index in [4.69, 9.17) is 16.2 Å². The summed E-state index contributed by atoms with van der Waals surface area (Å²) in [6, 6.07) is 3.31. The molecular formula is C14H21N3O2. The Balaban J connectivity index is 1.88. The normalized spacial score (nSPS) is 23.0. The number of carbonyl (C=O) groups is 1. The molecule has 1 heterocycles. The molecule has 0 bridgehead atoms. The van der Waals surface area contributed by atoms with Crippen LogP contribution >= 0.6 is 0 Å². The Bertz CT molecular complexity index is 419. The van der Waals surface area contributed by atoms with Crippen molar-refractivity contribution in [2.24, 2.45) is 23.3 Å². The van der Waals surface area contributed by atoms with Crippen molar-refractivity contribution in [1.29, 1.82) is 0 Å². The molecule has 5 nitrogen and oxygen atoms in total. The predicted octanol–water partition coefficient (Wildman–Crippen LogP) is 1.32. The number of hydrogen-bond acceptors (Lipinski definition) is 4. The first kappa shape index (κ1) is 13.8. The zero-order valence-electron chi connectivity index (χ0n) is 11.0. The molecule has 19 heavy (non-hydrogen) atoms. The molecule has 0 saturated heterocycles. The van der Waals surface area contributed by atoms with Gasteiger partial charge in [-0.15, -0.1) is 0 Å². The number of ether oxygens (including phenoxy) is 1. The molecule has 2 atom stereocenters. The second-order valence-electron chi connectivity index (χ2n) is 5.10. The molecule has 1 aliphatic rings. The average Bonchev–Trinajstić information content (AvgIpc) is 2.45. The van der Waals surface area contributed by atoms with Crippen molar-refractivity contribution in [1.82, 2.24) is 4.98 Å². The highest BCUT2D eigenvalue weighted by Crippen LogP contribution is 2.29. The third kappa shape index (κ3) is 3.67. The summed E-state index contributed by atoms with van der Waals surface area (Å²) in [6.07, 6.45) is 6.32. The van der Waals surface area contributed by atoms with Crippen LogP contribution in [0.3, 0.4) is 0 Å². The highest BCUT2D eigenvalue weighted by Gasteiger charge is 2.24. The van der Waals surface area contributed by atoms with E-state index < -0.39 is 5.91 Å². The molecule has 5 heteroatoms. The van der Waals surface area contributed by atoms with E-state index in [1.165, 1.54) is 31.9 Å². The van der Waals surface area contributed by atoms with Crippen molar-refractivity contribution in [2.75, 3.05) is 13.2 Å². The van der Waals surface area contributed by atoms with Crippen LogP contribution in [0.1, 0.15) is 36.0 Å². The lowest BCUT2D eigenvalue weighted by molar-refractivity contribution is 0.0999. The Hall–Kier alpha value is -1.62. The Morgan fingerprint density at radius 3 is 2.63 bits per heavy atom. The van der Waals surface area contributed by atoms with Crippen molar-refractivity contribution in [3.63, 3.8) is 0 Å². The highest BCUT2D eigenvalue weighted by atomic mass is 16.5. The Labute approximate surface area is 113 Å². The molecule has 1 aliphatic carbocycles. The van der Waals surface area contributed by atoms with Crippen LogP contribution in [0.4, 0.5) is 0 Å². The SMILES string of the molecule is NCC1CCCCC1COc1ccc(C(N)=O)cn1. The minimum absolute atomic E-state index is 0.393. The van der Waals surface area contributed by atoms with E-state index in [-0.39, 0.29) is 0 Å². The fraction of sp³-hybridized carbons (Fsp3) is 0.571. The summed E-state index contributed by atoms with van der Waals surface area (Å²) in [5.74, 6) is 1.12. The Kier molecular flexibility index (Phi) is 4.74. The molecule has 104 valence electrons. The quantitative estimate of drug-likeness (QED) is 0.838. The monoisotopic (exact) mass is 263 g/mol. The van der Waals surface area contributed by atoms with Gasteiger partial charge in [0.25, 0.3) is 0 Å². The molecule has 1 amide bonds. The number of rotatable bonds is 5. The van der Waals surface area contributed by atoms with Gasteiger partial charge in [-0.1, -0.05) is 12.8 Å². The van der Waals surface area contributed by atoms with Crippen molar-refractivity contribution in [3.8, 4) is 5.88 Å². The van der Waals surface area contributed by atoms with Gasteiger partial charge in [-0.2, -0.15) is 0 Å². The first-order chi connectivity index (χ1) is 9.20. The zero-order valence-corrected chi connectivity index (χ0v) is 11.0. The number of pyridine rings is 1. The van der Waals surface area contributed by atoms with E-state index in [0.717, 1.165) is 6.54 Å². The van der Waals surface area contributed by atoms with Gasteiger partial charge in [0, 0.05) is 12.3 Å². The van der Waals surface area contributed by atoms with Gasteiger partial charge in [-0.25, -0.2) is 4.98 Å². The van der Waals surface area contributed by atoms with Crippen molar-refractivity contribution < 1.29 is 9.53 Å².